The lowest BCUT2D eigenvalue weighted by atomic mass is 10.0. The standard InChI is InChI=1S/C12H17NO/c1-8-2-5-10(7-12(8)14)11(13)6-9-3-4-9/h2,5,7,9,11,14H,3-4,6,13H2,1H3/t11-/m0/s1. The topological polar surface area (TPSA) is 46.2 Å². The summed E-state index contributed by atoms with van der Waals surface area (Å²) in [4.78, 5) is 0. The average Bonchev–Trinajstić information content (AvgIpc) is 2.93. The van der Waals surface area contributed by atoms with Crippen LogP contribution in [0.3, 0.4) is 0 Å². The molecule has 3 N–H and O–H groups in total. The highest BCUT2D eigenvalue weighted by Crippen LogP contribution is 2.37. The van der Waals surface area contributed by atoms with E-state index in [0.717, 1.165) is 23.5 Å². The van der Waals surface area contributed by atoms with Crippen LogP contribution in [0.15, 0.2) is 18.2 Å². The first-order chi connectivity index (χ1) is 6.66. The van der Waals surface area contributed by atoms with E-state index in [9.17, 15) is 5.11 Å². The summed E-state index contributed by atoms with van der Waals surface area (Å²) in [5, 5.41) is 9.54. The van der Waals surface area contributed by atoms with Crippen LogP contribution < -0.4 is 5.73 Å². The molecule has 76 valence electrons. The van der Waals surface area contributed by atoms with Crippen LogP contribution in [0.1, 0.15) is 36.4 Å². The molecule has 1 aliphatic rings. The van der Waals surface area contributed by atoms with E-state index in [4.69, 9.17) is 5.73 Å². The molecule has 0 radical (unpaired) electrons. The van der Waals surface area contributed by atoms with Crippen LogP contribution in [0.4, 0.5) is 0 Å². The van der Waals surface area contributed by atoms with Crippen molar-refractivity contribution in [2.45, 2.75) is 32.2 Å². The van der Waals surface area contributed by atoms with E-state index in [0.29, 0.717) is 5.75 Å². The Morgan fingerprint density at radius 1 is 1.50 bits per heavy atom. The SMILES string of the molecule is Cc1ccc([C@@H](N)CC2CC2)cc1O. The van der Waals surface area contributed by atoms with Crippen molar-refractivity contribution in [1.29, 1.82) is 0 Å². The lowest BCUT2D eigenvalue weighted by Gasteiger charge is -2.12. The van der Waals surface area contributed by atoms with Crippen molar-refractivity contribution < 1.29 is 5.11 Å². The number of aryl methyl sites for hydroxylation is 1. The first-order valence-electron chi connectivity index (χ1n) is 5.22. The number of aromatic hydroxyl groups is 1. The normalized spacial score (nSPS) is 18.1. The molecule has 0 unspecified atom stereocenters. The fourth-order valence-corrected chi connectivity index (χ4v) is 1.71. The zero-order valence-corrected chi connectivity index (χ0v) is 8.53. The number of hydrogen-bond donors (Lipinski definition) is 2. The van der Waals surface area contributed by atoms with Crippen molar-refractivity contribution in [2.75, 3.05) is 0 Å². The van der Waals surface area contributed by atoms with E-state index >= 15 is 0 Å². The molecule has 0 aliphatic heterocycles. The molecule has 0 aromatic heterocycles. The van der Waals surface area contributed by atoms with Crippen molar-refractivity contribution >= 4 is 0 Å². The summed E-state index contributed by atoms with van der Waals surface area (Å²) >= 11 is 0. The highest BCUT2D eigenvalue weighted by molar-refractivity contribution is 5.36. The first kappa shape index (κ1) is 9.53. The zero-order valence-electron chi connectivity index (χ0n) is 8.53. The Balaban J connectivity index is 2.10. The van der Waals surface area contributed by atoms with E-state index < -0.39 is 0 Å². The number of hydrogen-bond acceptors (Lipinski definition) is 2. The van der Waals surface area contributed by atoms with Gasteiger partial charge in [0.05, 0.1) is 0 Å². The van der Waals surface area contributed by atoms with Gasteiger partial charge in [-0.05, 0) is 36.5 Å². The van der Waals surface area contributed by atoms with E-state index in [1.165, 1.54) is 12.8 Å². The van der Waals surface area contributed by atoms with Crippen LogP contribution in [0, 0.1) is 12.8 Å². The molecule has 0 amide bonds. The van der Waals surface area contributed by atoms with Crippen LogP contribution in [0.2, 0.25) is 0 Å². The van der Waals surface area contributed by atoms with Crippen molar-refractivity contribution in [1.82, 2.24) is 0 Å². The number of rotatable bonds is 3. The second-order valence-electron chi connectivity index (χ2n) is 4.33. The molecule has 14 heavy (non-hydrogen) atoms. The number of phenolic OH excluding ortho intramolecular Hbond substituents is 1. The van der Waals surface area contributed by atoms with Crippen LogP contribution in [-0.2, 0) is 0 Å². The summed E-state index contributed by atoms with van der Waals surface area (Å²) in [6.45, 7) is 1.89. The monoisotopic (exact) mass is 191 g/mol. The minimum atomic E-state index is 0.0917. The quantitative estimate of drug-likeness (QED) is 0.771. The summed E-state index contributed by atoms with van der Waals surface area (Å²) in [5.74, 6) is 1.18. The number of benzene rings is 1. The zero-order chi connectivity index (χ0) is 10.1. The molecule has 1 atom stereocenters. The van der Waals surface area contributed by atoms with Gasteiger partial charge < -0.3 is 10.8 Å². The van der Waals surface area contributed by atoms with E-state index in [1.807, 2.05) is 19.1 Å². The van der Waals surface area contributed by atoms with E-state index in [1.54, 1.807) is 6.07 Å². The fourth-order valence-electron chi connectivity index (χ4n) is 1.71. The molecular formula is C12H17NO. The maximum absolute atomic E-state index is 9.54. The molecule has 1 aromatic carbocycles. The van der Waals surface area contributed by atoms with Crippen LogP contribution in [-0.4, -0.2) is 5.11 Å². The predicted octanol–water partition coefficient (Wildman–Crippen LogP) is 2.50. The third kappa shape index (κ3) is 2.07. The third-order valence-corrected chi connectivity index (χ3v) is 2.95. The molecule has 0 spiro atoms. The van der Waals surface area contributed by atoms with Gasteiger partial charge in [0.15, 0.2) is 0 Å². The Kier molecular flexibility index (Phi) is 2.46. The van der Waals surface area contributed by atoms with Crippen LogP contribution >= 0.6 is 0 Å². The Morgan fingerprint density at radius 3 is 2.79 bits per heavy atom. The largest absolute Gasteiger partial charge is 0.508 e. The van der Waals surface area contributed by atoms with Gasteiger partial charge in [0.1, 0.15) is 5.75 Å². The van der Waals surface area contributed by atoms with Gasteiger partial charge in [-0.3, -0.25) is 0 Å². The van der Waals surface area contributed by atoms with Gasteiger partial charge in [-0.15, -0.1) is 0 Å². The molecule has 2 nitrogen and oxygen atoms in total. The molecule has 0 saturated heterocycles. The summed E-state index contributed by atoms with van der Waals surface area (Å²) < 4.78 is 0. The van der Waals surface area contributed by atoms with Crippen LogP contribution in [0.25, 0.3) is 0 Å². The summed E-state index contributed by atoms with van der Waals surface area (Å²) in [7, 11) is 0. The maximum Gasteiger partial charge on any atom is 0.118 e. The molecule has 1 saturated carbocycles. The fraction of sp³-hybridized carbons (Fsp3) is 0.500. The molecule has 1 aliphatic carbocycles. The van der Waals surface area contributed by atoms with Gasteiger partial charge in [-0.25, -0.2) is 0 Å². The predicted molar refractivity (Wildman–Crippen MR) is 57.1 cm³/mol. The molecule has 0 bridgehead atoms. The summed E-state index contributed by atoms with van der Waals surface area (Å²) in [5.41, 5.74) is 8.01. The lowest BCUT2D eigenvalue weighted by Crippen LogP contribution is -2.10. The van der Waals surface area contributed by atoms with Gasteiger partial charge >= 0.3 is 0 Å². The van der Waals surface area contributed by atoms with Gasteiger partial charge in [0.2, 0.25) is 0 Å². The average molecular weight is 191 g/mol. The van der Waals surface area contributed by atoms with Crippen molar-refractivity contribution in [3.05, 3.63) is 29.3 Å². The highest BCUT2D eigenvalue weighted by atomic mass is 16.3. The van der Waals surface area contributed by atoms with Gasteiger partial charge in [0, 0.05) is 6.04 Å². The number of phenols is 1. The molecule has 1 fully saturated rings. The van der Waals surface area contributed by atoms with Crippen molar-refractivity contribution in [3.8, 4) is 5.75 Å². The second kappa shape index (κ2) is 3.62. The molecule has 2 rings (SSSR count). The number of nitrogens with two attached hydrogens (primary N) is 1. The van der Waals surface area contributed by atoms with Crippen molar-refractivity contribution in [3.63, 3.8) is 0 Å². The summed E-state index contributed by atoms with van der Waals surface area (Å²) in [6, 6.07) is 5.83. The van der Waals surface area contributed by atoms with Gasteiger partial charge in [-0.1, -0.05) is 25.0 Å². The van der Waals surface area contributed by atoms with Gasteiger partial charge in [-0.2, -0.15) is 0 Å². The maximum atomic E-state index is 9.54. The Bertz CT molecular complexity index is 331. The minimum Gasteiger partial charge on any atom is -0.508 e. The molecule has 0 heterocycles. The molecule has 2 heteroatoms. The van der Waals surface area contributed by atoms with E-state index in [2.05, 4.69) is 0 Å². The highest BCUT2D eigenvalue weighted by Gasteiger charge is 2.24. The Morgan fingerprint density at radius 2 is 2.21 bits per heavy atom. The Hall–Kier alpha value is -1.02. The smallest absolute Gasteiger partial charge is 0.118 e. The first-order valence-corrected chi connectivity index (χ1v) is 5.22. The van der Waals surface area contributed by atoms with E-state index in [-0.39, 0.29) is 6.04 Å². The molecule has 1 aromatic rings. The minimum absolute atomic E-state index is 0.0917. The lowest BCUT2D eigenvalue weighted by molar-refractivity contribution is 0.468. The Labute approximate surface area is 84.7 Å². The second-order valence-corrected chi connectivity index (χ2v) is 4.33. The molecular weight excluding hydrogens is 174 g/mol. The summed E-state index contributed by atoms with van der Waals surface area (Å²) in [6.07, 6.45) is 3.71. The van der Waals surface area contributed by atoms with Crippen molar-refractivity contribution in [2.24, 2.45) is 11.7 Å². The van der Waals surface area contributed by atoms with Gasteiger partial charge in [0.25, 0.3) is 0 Å². The third-order valence-electron chi connectivity index (χ3n) is 2.95. The van der Waals surface area contributed by atoms with Crippen LogP contribution in [0.5, 0.6) is 5.75 Å².